The van der Waals surface area contributed by atoms with Crippen LogP contribution in [0.2, 0.25) is 0 Å². The Morgan fingerprint density at radius 3 is 2.61 bits per heavy atom. The van der Waals surface area contributed by atoms with E-state index in [4.69, 9.17) is 0 Å². The number of guanidine groups is 1. The van der Waals surface area contributed by atoms with Crippen molar-refractivity contribution in [3.63, 3.8) is 0 Å². The number of nitrogens with zero attached hydrogens (tertiary/aromatic N) is 4. The fourth-order valence-corrected chi connectivity index (χ4v) is 3.87. The summed E-state index contributed by atoms with van der Waals surface area (Å²) in [6, 6.07) is 7.87. The maximum absolute atomic E-state index is 12.5. The number of imide groups is 1. The molecule has 1 aliphatic rings. The van der Waals surface area contributed by atoms with Gasteiger partial charge in [-0.1, -0.05) is 19.1 Å². The standard InChI is InChI=1S/C23H35N7O2.HI/c1-5-23(4)20(31)30(22(32)28-23)16-10-14-26-21(24-6-2)25-13-9-15-29-17(3)27-18-11-7-8-12-19(18)29;/h7-8,11-12H,5-6,9-10,13-16H2,1-4H3,(H,28,32)(H2,24,25,26);1H. The Balaban J connectivity index is 0.00000385. The lowest BCUT2D eigenvalue weighted by Gasteiger charge is -2.19. The summed E-state index contributed by atoms with van der Waals surface area (Å²) in [5.41, 5.74) is 1.40. The number of nitrogens with one attached hydrogen (secondary N) is 3. The van der Waals surface area contributed by atoms with Crippen LogP contribution in [0.3, 0.4) is 0 Å². The molecule has 3 rings (SSSR count). The number of urea groups is 1. The molecule has 182 valence electrons. The molecule has 1 fully saturated rings. The maximum Gasteiger partial charge on any atom is 0.325 e. The van der Waals surface area contributed by atoms with Crippen molar-refractivity contribution in [2.45, 2.75) is 59.0 Å². The van der Waals surface area contributed by atoms with Crippen molar-refractivity contribution in [3.05, 3.63) is 30.1 Å². The molecular formula is C23H36IN7O2. The summed E-state index contributed by atoms with van der Waals surface area (Å²) in [5, 5.41) is 9.39. The number of halogens is 1. The monoisotopic (exact) mass is 569 g/mol. The number of para-hydroxylation sites is 2. The first kappa shape index (κ1) is 26.9. The Bertz CT molecular complexity index is 990. The number of aromatic nitrogens is 2. The predicted octanol–water partition coefficient (Wildman–Crippen LogP) is 3.02. The van der Waals surface area contributed by atoms with E-state index in [1.165, 1.54) is 4.90 Å². The van der Waals surface area contributed by atoms with Crippen LogP contribution in [0.5, 0.6) is 0 Å². The first-order valence-electron chi connectivity index (χ1n) is 11.5. The van der Waals surface area contributed by atoms with E-state index in [-0.39, 0.29) is 35.9 Å². The van der Waals surface area contributed by atoms with Crippen LogP contribution in [0, 0.1) is 6.92 Å². The van der Waals surface area contributed by atoms with Crippen molar-refractivity contribution in [2.24, 2.45) is 4.99 Å². The summed E-state index contributed by atoms with van der Waals surface area (Å²) >= 11 is 0. The van der Waals surface area contributed by atoms with Crippen molar-refractivity contribution >= 4 is 52.9 Å². The Hall–Kier alpha value is -2.37. The number of carbonyl (C=O) groups is 2. The molecule has 3 amide bonds. The van der Waals surface area contributed by atoms with Crippen LogP contribution in [0.4, 0.5) is 4.79 Å². The number of hydrogen-bond donors (Lipinski definition) is 3. The molecule has 1 atom stereocenters. The quantitative estimate of drug-likeness (QED) is 0.134. The normalized spacial score (nSPS) is 18.4. The number of aliphatic imine (C=N–C) groups is 1. The van der Waals surface area contributed by atoms with Crippen LogP contribution in [-0.4, -0.2) is 64.1 Å². The van der Waals surface area contributed by atoms with Gasteiger partial charge in [0.25, 0.3) is 5.91 Å². The SMILES string of the molecule is CCNC(=NCCCN1C(=O)NC(C)(CC)C1=O)NCCCn1c(C)nc2ccccc21.I. The van der Waals surface area contributed by atoms with Gasteiger partial charge in [0.05, 0.1) is 11.0 Å². The number of amides is 3. The number of hydrogen-bond acceptors (Lipinski definition) is 4. The number of rotatable bonds is 10. The van der Waals surface area contributed by atoms with E-state index in [0.29, 0.717) is 25.9 Å². The molecule has 3 N–H and O–H groups in total. The maximum atomic E-state index is 12.5. The van der Waals surface area contributed by atoms with Crippen LogP contribution in [0.15, 0.2) is 29.3 Å². The largest absolute Gasteiger partial charge is 0.357 e. The van der Waals surface area contributed by atoms with Gasteiger partial charge in [-0.2, -0.15) is 0 Å². The van der Waals surface area contributed by atoms with Gasteiger partial charge in [0.15, 0.2) is 5.96 Å². The molecule has 33 heavy (non-hydrogen) atoms. The van der Waals surface area contributed by atoms with Crippen molar-refractivity contribution in [3.8, 4) is 0 Å². The molecule has 0 radical (unpaired) electrons. The predicted molar refractivity (Wildman–Crippen MR) is 142 cm³/mol. The van der Waals surface area contributed by atoms with Crippen molar-refractivity contribution in [2.75, 3.05) is 26.2 Å². The third-order valence-electron chi connectivity index (χ3n) is 5.90. The van der Waals surface area contributed by atoms with E-state index < -0.39 is 5.54 Å². The van der Waals surface area contributed by atoms with E-state index in [2.05, 4.69) is 36.6 Å². The number of imidazole rings is 1. The van der Waals surface area contributed by atoms with Gasteiger partial charge < -0.3 is 20.5 Å². The molecule has 0 bridgehead atoms. The Labute approximate surface area is 212 Å². The Kier molecular flexibility index (Phi) is 9.93. The third-order valence-corrected chi connectivity index (χ3v) is 5.90. The minimum absolute atomic E-state index is 0. The van der Waals surface area contributed by atoms with Crippen LogP contribution in [0.25, 0.3) is 11.0 Å². The molecule has 0 aliphatic carbocycles. The number of carbonyl (C=O) groups excluding carboxylic acids is 2. The molecule has 1 unspecified atom stereocenters. The van der Waals surface area contributed by atoms with Crippen molar-refractivity contribution < 1.29 is 9.59 Å². The van der Waals surface area contributed by atoms with Crippen LogP contribution in [-0.2, 0) is 11.3 Å². The number of aryl methyl sites for hydroxylation is 2. The molecule has 1 aromatic carbocycles. The minimum atomic E-state index is -0.782. The molecule has 2 heterocycles. The van der Waals surface area contributed by atoms with E-state index in [0.717, 1.165) is 48.9 Å². The second-order valence-electron chi connectivity index (χ2n) is 8.27. The van der Waals surface area contributed by atoms with E-state index in [1.807, 2.05) is 39.0 Å². The summed E-state index contributed by atoms with van der Waals surface area (Å²) in [7, 11) is 0. The van der Waals surface area contributed by atoms with Gasteiger partial charge in [-0.15, -0.1) is 24.0 Å². The number of benzene rings is 1. The first-order valence-corrected chi connectivity index (χ1v) is 11.5. The third kappa shape index (κ3) is 6.36. The highest BCUT2D eigenvalue weighted by molar-refractivity contribution is 14.0. The second-order valence-corrected chi connectivity index (χ2v) is 8.27. The molecule has 1 saturated heterocycles. The van der Waals surface area contributed by atoms with Crippen LogP contribution in [0.1, 0.15) is 45.9 Å². The first-order chi connectivity index (χ1) is 15.4. The van der Waals surface area contributed by atoms with Gasteiger partial charge in [-0.3, -0.25) is 14.7 Å². The topological polar surface area (TPSA) is 104 Å². The van der Waals surface area contributed by atoms with Gasteiger partial charge in [-0.05, 0) is 52.2 Å². The Morgan fingerprint density at radius 1 is 1.15 bits per heavy atom. The van der Waals surface area contributed by atoms with Gasteiger partial charge in [0.2, 0.25) is 0 Å². The van der Waals surface area contributed by atoms with Crippen molar-refractivity contribution in [1.29, 1.82) is 0 Å². The van der Waals surface area contributed by atoms with E-state index in [9.17, 15) is 9.59 Å². The van der Waals surface area contributed by atoms with Crippen LogP contribution < -0.4 is 16.0 Å². The van der Waals surface area contributed by atoms with Gasteiger partial charge >= 0.3 is 6.03 Å². The van der Waals surface area contributed by atoms with Gasteiger partial charge in [0, 0.05) is 32.7 Å². The summed E-state index contributed by atoms with van der Waals surface area (Å²) in [4.78, 5) is 35.1. The minimum Gasteiger partial charge on any atom is -0.357 e. The second kappa shape index (κ2) is 12.2. The lowest BCUT2D eigenvalue weighted by atomic mass is 9.99. The van der Waals surface area contributed by atoms with Gasteiger partial charge in [-0.25, -0.2) is 9.78 Å². The van der Waals surface area contributed by atoms with Crippen molar-refractivity contribution in [1.82, 2.24) is 30.4 Å². The fraction of sp³-hybridized carbons (Fsp3) is 0.565. The zero-order valence-corrected chi connectivity index (χ0v) is 22.3. The van der Waals surface area contributed by atoms with E-state index >= 15 is 0 Å². The number of fused-ring (bicyclic) bond motifs is 1. The molecular weight excluding hydrogens is 533 g/mol. The lowest BCUT2D eigenvalue weighted by Crippen LogP contribution is -2.43. The average Bonchev–Trinajstić information content (AvgIpc) is 3.21. The molecule has 10 heteroatoms. The fourth-order valence-electron chi connectivity index (χ4n) is 3.87. The lowest BCUT2D eigenvalue weighted by molar-refractivity contribution is -0.130. The summed E-state index contributed by atoms with van der Waals surface area (Å²) in [6.45, 7) is 11.0. The molecule has 1 aromatic heterocycles. The highest BCUT2D eigenvalue weighted by Gasteiger charge is 2.45. The highest BCUT2D eigenvalue weighted by Crippen LogP contribution is 2.20. The van der Waals surface area contributed by atoms with Gasteiger partial charge in [0.1, 0.15) is 11.4 Å². The molecule has 2 aromatic rings. The summed E-state index contributed by atoms with van der Waals surface area (Å²) < 4.78 is 2.24. The van der Waals surface area contributed by atoms with E-state index in [1.54, 1.807) is 6.92 Å². The highest BCUT2D eigenvalue weighted by atomic mass is 127. The Morgan fingerprint density at radius 2 is 1.91 bits per heavy atom. The zero-order chi connectivity index (χ0) is 23.1. The van der Waals surface area contributed by atoms with Crippen LogP contribution >= 0.6 is 24.0 Å². The summed E-state index contributed by atoms with van der Waals surface area (Å²) in [5.74, 6) is 1.61. The smallest absolute Gasteiger partial charge is 0.325 e. The molecule has 9 nitrogen and oxygen atoms in total. The zero-order valence-electron chi connectivity index (χ0n) is 20.0. The summed E-state index contributed by atoms with van der Waals surface area (Å²) in [6.07, 6.45) is 2.13. The molecule has 1 aliphatic heterocycles. The molecule has 0 spiro atoms. The molecule has 0 saturated carbocycles. The average molecular weight is 569 g/mol.